The maximum Gasteiger partial charge on any atom is 0.118 e. The van der Waals surface area contributed by atoms with E-state index >= 15 is 0 Å². The molecule has 2 heterocycles. The summed E-state index contributed by atoms with van der Waals surface area (Å²) in [7, 11) is 1.69. The minimum atomic E-state index is 0.260. The van der Waals surface area contributed by atoms with E-state index in [1.165, 1.54) is 12.0 Å². The summed E-state index contributed by atoms with van der Waals surface area (Å²) in [4.78, 5) is 0. The topological polar surface area (TPSA) is 64.0 Å². The van der Waals surface area contributed by atoms with E-state index in [4.69, 9.17) is 4.74 Å². The van der Waals surface area contributed by atoms with Crippen LogP contribution >= 0.6 is 0 Å². The standard InChI is InChI=1S/C19H25N5O/c1-25-17-9-7-15(8-10-17)19-16(11-20-22-19)12-24-13-18(21-23-24)14-5-3-2-4-6-14/h2-3,7-10,13-14,16,19-20,22H,4-6,11-12H2,1H3. The lowest BCUT2D eigenvalue weighted by atomic mass is 9.92. The molecule has 1 aromatic heterocycles. The third-order valence-corrected chi connectivity index (χ3v) is 5.23. The summed E-state index contributed by atoms with van der Waals surface area (Å²) in [5.74, 6) is 1.83. The first-order valence-electron chi connectivity index (χ1n) is 9.01. The number of allylic oxidation sites excluding steroid dienone is 2. The largest absolute Gasteiger partial charge is 0.497 e. The van der Waals surface area contributed by atoms with Gasteiger partial charge in [0, 0.05) is 31.1 Å². The number of methoxy groups -OCH3 is 1. The van der Waals surface area contributed by atoms with Gasteiger partial charge in [0.1, 0.15) is 5.75 Å². The van der Waals surface area contributed by atoms with Crippen molar-refractivity contribution >= 4 is 0 Å². The van der Waals surface area contributed by atoms with Crippen molar-refractivity contribution in [3.05, 3.63) is 53.9 Å². The maximum absolute atomic E-state index is 5.25. The van der Waals surface area contributed by atoms with Gasteiger partial charge in [-0.3, -0.25) is 10.1 Å². The van der Waals surface area contributed by atoms with Crippen molar-refractivity contribution in [3.63, 3.8) is 0 Å². The van der Waals surface area contributed by atoms with Crippen molar-refractivity contribution in [3.8, 4) is 5.75 Å². The van der Waals surface area contributed by atoms with Crippen molar-refractivity contribution in [2.75, 3.05) is 13.7 Å². The fourth-order valence-electron chi connectivity index (χ4n) is 3.76. The molecule has 132 valence electrons. The van der Waals surface area contributed by atoms with Crippen LogP contribution in [-0.4, -0.2) is 28.6 Å². The molecule has 0 amide bonds. The maximum atomic E-state index is 5.25. The second-order valence-electron chi connectivity index (χ2n) is 6.88. The smallest absolute Gasteiger partial charge is 0.118 e. The second-order valence-corrected chi connectivity index (χ2v) is 6.88. The Morgan fingerprint density at radius 3 is 2.88 bits per heavy atom. The average molecular weight is 339 g/mol. The number of benzene rings is 1. The number of nitrogens with zero attached hydrogens (tertiary/aromatic N) is 3. The molecule has 3 atom stereocenters. The van der Waals surface area contributed by atoms with Crippen molar-refractivity contribution in [2.45, 2.75) is 37.8 Å². The Balaban J connectivity index is 1.44. The Bertz CT molecular complexity index is 724. The molecule has 1 aliphatic carbocycles. The van der Waals surface area contributed by atoms with E-state index in [9.17, 15) is 0 Å². The Morgan fingerprint density at radius 2 is 2.12 bits per heavy atom. The molecule has 6 nitrogen and oxygen atoms in total. The number of nitrogens with one attached hydrogen (secondary N) is 2. The van der Waals surface area contributed by atoms with Gasteiger partial charge >= 0.3 is 0 Å². The molecular weight excluding hydrogens is 314 g/mol. The van der Waals surface area contributed by atoms with Gasteiger partial charge in [-0.15, -0.1) is 5.10 Å². The quantitative estimate of drug-likeness (QED) is 0.820. The van der Waals surface area contributed by atoms with Gasteiger partial charge in [-0.25, -0.2) is 5.43 Å². The molecule has 0 bridgehead atoms. The average Bonchev–Trinajstić information content (AvgIpc) is 3.33. The van der Waals surface area contributed by atoms with Crippen LogP contribution in [0.3, 0.4) is 0 Å². The molecule has 1 saturated heterocycles. The lowest BCUT2D eigenvalue weighted by molar-refractivity contribution is 0.387. The van der Waals surface area contributed by atoms with Gasteiger partial charge in [-0.2, -0.15) is 0 Å². The first-order chi connectivity index (χ1) is 12.3. The van der Waals surface area contributed by atoms with Gasteiger partial charge in [-0.1, -0.05) is 29.5 Å². The SMILES string of the molecule is COc1ccc(C2NNCC2Cn2cc(C3CC=CCC3)nn2)cc1. The molecule has 2 aromatic rings. The Labute approximate surface area is 148 Å². The van der Waals surface area contributed by atoms with Crippen LogP contribution in [-0.2, 0) is 6.54 Å². The van der Waals surface area contributed by atoms with E-state index in [0.717, 1.165) is 37.4 Å². The Morgan fingerprint density at radius 1 is 1.24 bits per heavy atom. The highest BCUT2D eigenvalue weighted by Gasteiger charge is 2.29. The summed E-state index contributed by atoms with van der Waals surface area (Å²) in [6.07, 6.45) is 10.1. The Kier molecular flexibility index (Phi) is 4.81. The predicted octanol–water partition coefficient (Wildman–Crippen LogP) is 2.58. The molecule has 2 aliphatic rings. The summed E-state index contributed by atoms with van der Waals surface area (Å²) >= 11 is 0. The van der Waals surface area contributed by atoms with Crippen LogP contribution in [0, 0.1) is 5.92 Å². The van der Waals surface area contributed by atoms with Crippen LogP contribution < -0.4 is 15.6 Å². The molecule has 2 N–H and O–H groups in total. The van der Waals surface area contributed by atoms with Crippen LogP contribution in [0.4, 0.5) is 0 Å². The summed E-state index contributed by atoms with van der Waals surface area (Å²) in [6.45, 7) is 1.77. The highest BCUT2D eigenvalue weighted by atomic mass is 16.5. The van der Waals surface area contributed by atoms with E-state index < -0.39 is 0 Å². The fraction of sp³-hybridized carbons (Fsp3) is 0.474. The van der Waals surface area contributed by atoms with E-state index in [2.05, 4.69) is 51.6 Å². The number of aromatic nitrogens is 3. The molecule has 1 fully saturated rings. The summed E-state index contributed by atoms with van der Waals surface area (Å²) in [5.41, 5.74) is 9.06. The molecule has 1 aliphatic heterocycles. The first-order valence-corrected chi connectivity index (χ1v) is 9.01. The van der Waals surface area contributed by atoms with Crippen LogP contribution in [0.5, 0.6) is 5.75 Å². The third-order valence-electron chi connectivity index (χ3n) is 5.23. The number of hydrogen-bond donors (Lipinski definition) is 2. The number of hydrogen-bond acceptors (Lipinski definition) is 5. The van der Waals surface area contributed by atoms with E-state index in [1.807, 2.05) is 16.8 Å². The summed E-state index contributed by atoms with van der Waals surface area (Å²) in [5, 5.41) is 8.80. The van der Waals surface area contributed by atoms with E-state index in [-0.39, 0.29) is 6.04 Å². The zero-order valence-corrected chi connectivity index (χ0v) is 14.6. The number of hydrazine groups is 1. The predicted molar refractivity (Wildman–Crippen MR) is 96.1 cm³/mol. The monoisotopic (exact) mass is 339 g/mol. The Hall–Kier alpha value is -2.18. The highest BCUT2D eigenvalue weighted by Crippen LogP contribution is 2.29. The fourth-order valence-corrected chi connectivity index (χ4v) is 3.76. The molecule has 1 aromatic carbocycles. The molecule has 4 rings (SSSR count). The normalized spacial score (nSPS) is 26.0. The first kappa shape index (κ1) is 16.3. The van der Waals surface area contributed by atoms with Gasteiger partial charge in [0.15, 0.2) is 0 Å². The molecule has 25 heavy (non-hydrogen) atoms. The van der Waals surface area contributed by atoms with Crippen molar-refractivity contribution in [1.29, 1.82) is 0 Å². The van der Waals surface area contributed by atoms with Gasteiger partial charge in [-0.05, 0) is 37.0 Å². The molecule has 0 radical (unpaired) electrons. The zero-order chi connectivity index (χ0) is 17.1. The minimum Gasteiger partial charge on any atom is -0.497 e. The van der Waals surface area contributed by atoms with Gasteiger partial charge in [0.25, 0.3) is 0 Å². The van der Waals surface area contributed by atoms with Crippen LogP contribution in [0.2, 0.25) is 0 Å². The molecular formula is C19H25N5O. The van der Waals surface area contributed by atoms with Crippen LogP contribution in [0.1, 0.15) is 42.5 Å². The lowest BCUT2D eigenvalue weighted by Gasteiger charge is -2.19. The third kappa shape index (κ3) is 3.60. The van der Waals surface area contributed by atoms with Crippen LogP contribution in [0.25, 0.3) is 0 Å². The lowest BCUT2D eigenvalue weighted by Crippen LogP contribution is -2.25. The molecule has 0 spiro atoms. The van der Waals surface area contributed by atoms with E-state index in [1.54, 1.807) is 7.11 Å². The van der Waals surface area contributed by atoms with Crippen molar-refractivity contribution in [1.82, 2.24) is 25.8 Å². The van der Waals surface area contributed by atoms with Crippen LogP contribution in [0.15, 0.2) is 42.6 Å². The highest BCUT2D eigenvalue weighted by molar-refractivity contribution is 5.29. The minimum absolute atomic E-state index is 0.260. The van der Waals surface area contributed by atoms with E-state index in [0.29, 0.717) is 11.8 Å². The molecule has 6 heteroatoms. The second kappa shape index (κ2) is 7.37. The number of ether oxygens (including phenoxy) is 1. The van der Waals surface area contributed by atoms with Gasteiger partial charge in [0.2, 0.25) is 0 Å². The zero-order valence-electron chi connectivity index (χ0n) is 14.6. The number of rotatable bonds is 5. The summed E-state index contributed by atoms with van der Waals surface area (Å²) < 4.78 is 7.25. The van der Waals surface area contributed by atoms with Gasteiger partial charge < -0.3 is 4.74 Å². The van der Waals surface area contributed by atoms with Crippen molar-refractivity contribution < 1.29 is 4.74 Å². The molecule has 3 unspecified atom stereocenters. The molecule has 0 saturated carbocycles. The van der Waals surface area contributed by atoms with Crippen molar-refractivity contribution in [2.24, 2.45) is 5.92 Å². The van der Waals surface area contributed by atoms with Gasteiger partial charge in [0.05, 0.1) is 18.8 Å². The summed E-state index contributed by atoms with van der Waals surface area (Å²) in [6, 6.07) is 8.53.